The Labute approximate surface area is 92.7 Å². The molecular formula is C11H24N2O2. The van der Waals surface area contributed by atoms with E-state index in [1.54, 1.807) is 7.11 Å². The van der Waals surface area contributed by atoms with Crippen LogP contribution in [0, 0.1) is 0 Å². The van der Waals surface area contributed by atoms with E-state index in [9.17, 15) is 0 Å². The van der Waals surface area contributed by atoms with Gasteiger partial charge < -0.3 is 20.1 Å². The van der Waals surface area contributed by atoms with Crippen molar-refractivity contribution in [3.63, 3.8) is 0 Å². The summed E-state index contributed by atoms with van der Waals surface area (Å²) >= 11 is 0. The van der Waals surface area contributed by atoms with Crippen molar-refractivity contribution in [2.45, 2.75) is 32.0 Å². The van der Waals surface area contributed by atoms with Crippen LogP contribution in [0.2, 0.25) is 0 Å². The zero-order valence-electron chi connectivity index (χ0n) is 9.92. The molecule has 1 rings (SSSR count). The predicted molar refractivity (Wildman–Crippen MR) is 61.2 cm³/mol. The Morgan fingerprint density at radius 3 is 2.67 bits per heavy atom. The molecule has 0 saturated carbocycles. The zero-order valence-corrected chi connectivity index (χ0v) is 9.92. The Bertz CT molecular complexity index is 156. The third-order valence-corrected chi connectivity index (χ3v) is 2.65. The molecular weight excluding hydrogens is 192 g/mol. The summed E-state index contributed by atoms with van der Waals surface area (Å²) in [5.74, 6) is 0. The van der Waals surface area contributed by atoms with Crippen molar-refractivity contribution in [1.29, 1.82) is 0 Å². The molecule has 1 aliphatic rings. The fourth-order valence-electron chi connectivity index (χ4n) is 1.77. The number of rotatable bonds is 8. The summed E-state index contributed by atoms with van der Waals surface area (Å²) in [6, 6.07) is 0. The van der Waals surface area contributed by atoms with Gasteiger partial charge in [0.2, 0.25) is 0 Å². The van der Waals surface area contributed by atoms with Crippen LogP contribution in [0.5, 0.6) is 0 Å². The van der Waals surface area contributed by atoms with E-state index < -0.39 is 0 Å². The average Bonchev–Trinajstić information content (AvgIpc) is 2.63. The average molecular weight is 216 g/mol. The van der Waals surface area contributed by atoms with Gasteiger partial charge in [-0.3, -0.25) is 0 Å². The first kappa shape index (κ1) is 12.9. The van der Waals surface area contributed by atoms with Crippen molar-refractivity contribution < 1.29 is 9.47 Å². The monoisotopic (exact) mass is 216 g/mol. The third kappa shape index (κ3) is 6.10. The quantitative estimate of drug-likeness (QED) is 0.576. The lowest BCUT2D eigenvalue weighted by molar-refractivity contribution is 0.0562. The van der Waals surface area contributed by atoms with Crippen LogP contribution < -0.4 is 10.6 Å². The van der Waals surface area contributed by atoms with Crippen LogP contribution in [0.3, 0.4) is 0 Å². The molecule has 2 unspecified atom stereocenters. The minimum absolute atomic E-state index is 0.430. The molecule has 0 amide bonds. The molecule has 0 aromatic rings. The summed E-state index contributed by atoms with van der Waals surface area (Å²) in [5, 5.41) is 6.69. The fourth-order valence-corrected chi connectivity index (χ4v) is 1.77. The number of nitrogens with one attached hydrogen (secondary N) is 2. The Balaban J connectivity index is 1.81. The second-order valence-corrected chi connectivity index (χ2v) is 4.09. The number of hydrogen-bond acceptors (Lipinski definition) is 4. The molecule has 90 valence electrons. The second kappa shape index (κ2) is 8.05. The number of hydrogen-bond donors (Lipinski definition) is 2. The highest BCUT2D eigenvalue weighted by Gasteiger charge is 2.20. The number of methoxy groups -OCH3 is 1. The van der Waals surface area contributed by atoms with Crippen molar-refractivity contribution >= 4 is 0 Å². The standard InChI is InChI=1S/C11H24N2O2/c1-10-3-4-11(15-10)9-13-6-5-12-7-8-14-2/h10-13H,3-9H2,1-2H3. The molecule has 0 bridgehead atoms. The van der Waals surface area contributed by atoms with Gasteiger partial charge in [-0.15, -0.1) is 0 Å². The van der Waals surface area contributed by atoms with E-state index in [0.717, 1.165) is 32.8 Å². The summed E-state index contributed by atoms with van der Waals surface area (Å²) < 4.78 is 10.6. The van der Waals surface area contributed by atoms with E-state index in [2.05, 4.69) is 17.6 Å². The second-order valence-electron chi connectivity index (χ2n) is 4.09. The molecule has 0 aromatic heterocycles. The van der Waals surface area contributed by atoms with Crippen LogP contribution in [0.15, 0.2) is 0 Å². The molecule has 2 atom stereocenters. The number of ether oxygens (including phenoxy) is 2. The topological polar surface area (TPSA) is 42.5 Å². The van der Waals surface area contributed by atoms with Crippen molar-refractivity contribution in [2.75, 3.05) is 39.9 Å². The van der Waals surface area contributed by atoms with Gasteiger partial charge in [-0.25, -0.2) is 0 Å². The van der Waals surface area contributed by atoms with Gasteiger partial charge in [0.05, 0.1) is 18.8 Å². The smallest absolute Gasteiger partial charge is 0.0704 e. The van der Waals surface area contributed by atoms with Gasteiger partial charge in [0.15, 0.2) is 0 Å². The molecule has 15 heavy (non-hydrogen) atoms. The molecule has 1 heterocycles. The predicted octanol–water partition coefficient (Wildman–Crippen LogP) is 0.380. The minimum Gasteiger partial charge on any atom is -0.383 e. The summed E-state index contributed by atoms with van der Waals surface area (Å²) in [4.78, 5) is 0. The molecule has 4 nitrogen and oxygen atoms in total. The van der Waals surface area contributed by atoms with E-state index in [0.29, 0.717) is 12.2 Å². The van der Waals surface area contributed by atoms with Crippen LogP contribution in [-0.4, -0.2) is 52.1 Å². The Kier molecular flexibility index (Phi) is 6.92. The van der Waals surface area contributed by atoms with Crippen LogP contribution in [0.25, 0.3) is 0 Å². The van der Waals surface area contributed by atoms with E-state index in [1.165, 1.54) is 12.8 Å². The normalized spacial score (nSPS) is 26.0. The Morgan fingerprint density at radius 2 is 2.00 bits per heavy atom. The first-order valence-electron chi connectivity index (χ1n) is 5.88. The van der Waals surface area contributed by atoms with Gasteiger partial charge in [0, 0.05) is 33.3 Å². The highest BCUT2D eigenvalue weighted by atomic mass is 16.5. The SMILES string of the molecule is COCCNCCNCC1CCC(C)O1. The summed E-state index contributed by atoms with van der Waals surface area (Å²) in [7, 11) is 1.72. The Morgan fingerprint density at radius 1 is 1.20 bits per heavy atom. The molecule has 4 heteroatoms. The van der Waals surface area contributed by atoms with Gasteiger partial charge in [0.1, 0.15) is 0 Å². The molecule has 1 fully saturated rings. The van der Waals surface area contributed by atoms with E-state index in [1.807, 2.05) is 0 Å². The molecule has 0 aliphatic carbocycles. The largest absolute Gasteiger partial charge is 0.383 e. The maximum Gasteiger partial charge on any atom is 0.0704 e. The molecule has 0 radical (unpaired) electrons. The van der Waals surface area contributed by atoms with E-state index in [4.69, 9.17) is 9.47 Å². The van der Waals surface area contributed by atoms with Gasteiger partial charge >= 0.3 is 0 Å². The van der Waals surface area contributed by atoms with E-state index >= 15 is 0 Å². The highest BCUT2D eigenvalue weighted by Crippen LogP contribution is 2.17. The zero-order chi connectivity index (χ0) is 10.9. The summed E-state index contributed by atoms with van der Waals surface area (Å²) in [5.41, 5.74) is 0. The maximum atomic E-state index is 5.70. The van der Waals surface area contributed by atoms with Crippen molar-refractivity contribution in [3.8, 4) is 0 Å². The van der Waals surface area contributed by atoms with Crippen molar-refractivity contribution in [2.24, 2.45) is 0 Å². The lowest BCUT2D eigenvalue weighted by Crippen LogP contribution is -2.33. The minimum atomic E-state index is 0.430. The van der Waals surface area contributed by atoms with Gasteiger partial charge in [-0.1, -0.05) is 0 Å². The molecule has 0 spiro atoms. The van der Waals surface area contributed by atoms with Crippen LogP contribution in [0.1, 0.15) is 19.8 Å². The molecule has 0 aromatic carbocycles. The van der Waals surface area contributed by atoms with Gasteiger partial charge in [-0.05, 0) is 19.8 Å². The fraction of sp³-hybridized carbons (Fsp3) is 1.00. The lowest BCUT2D eigenvalue weighted by Gasteiger charge is -2.12. The van der Waals surface area contributed by atoms with E-state index in [-0.39, 0.29) is 0 Å². The molecule has 1 saturated heterocycles. The first-order valence-corrected chi connectivity index (χ1v) is 5.88. The van der Waals surface area contributed by atoms with Gasteiger partial charge in [-0.2, -0.15) is 0 Å². The third-order valence-electron chi connectivity index (χ3n) is 2.65. The van der Waals surface area contributed by atoms with Crippen LogP contribution >= 0.6 is 0 Å². The lowest BCUT2D eigenvalue weighted by atomic mass is 10.2. The van der Waals surface area contributed by atoms with Crippen LogP contribution in [-0.2, 0) is 9.47 Å². The van der Waals surface area contributed by atoms with Crippen LogP contribution in [0.4, 0.5) is 0 Å². The molecule has 1 aliphatic heterocycles. The first-order chi connectivity index (χ1) is 7.33. The summed E-state index contributed by atoms with van der Waals surface area (Å²) in [6.07, 6.45) is 3.29. The highest BCUT2D eigenvalue weighted by molar-refractivity contribution is 4.72. The molecule has 2 N–H and O–H groups in total. The Hall–Kier alpha value is -0.160. The summed E-state index contributed by atoms with van der Waals surface area (Å²) in [6.45, 7) is 6.82. The maximum absolute atomic E-state index is 5.70. The van der Waals surface area contributed by atoms with Gasteiger partial charge in [0.25, 0.3) is 0 Å². The van der Waals surface area contributed by atoms with Crippen molar-refractivity contribution in [1.82, 2.24) is 10.6 Å². The van der Waals surface area contributed by atoms with Crippen molar-refractivity contribution in [3.05, 3.63) is 0 Å².